The molecule has 0 saturated heterocycles. The van der Waals surface area contributed by atoms with Gasteiger partial charge in [0.05, 0.1) is 11.1 Å². The van der Waals surface area contributed by atoms with Gasteiger partial charge in [-0.25, -0.2) is 4.98 Å². The van der Waals surface area contributed by atoms with Gasteiger partial charge in [-0.15, -0.1) is 11.3 Å². The van der Waals surface area contributed by atoms with Crippen LogP contribution in [0.4, 0.5) is 0 Å². The van der Waals surface area contributed by atoms with Crippen LogP contribution >= 0.6 is 23.1 Å². The molecule has 5 nitrogen and oxygen atoms in total. The second-order valence-corrected chi connectivity index (χ2v) is 9.37. The van der Waals surface area contributed by atoms with Crippen molar-refractivity contribution in [3.05, 3.63) is 56.7 Å². The topological polar surface area (TPSA) is 64.0 Å². The smallest absolute Gasteiger partial charge is 0.262 e. The Morgan fingerprint density at radius 1 is 1.36 bits per heavy atom. The van der Waals surface area contributed by atoms with Crippen molar-refractivity contribution in [2.45, 2.75) is 37.9 Å². The minimum atomic E-state index is -0.0671. The molecule has 0 radical (unpaired) electrons. The average molecular weight is 414 g/mol. The van der Waals surface area contributed by atoms with Crippen LogP contribution in [0.25, 0.3) is 10.2 Å². The fourth-order valence-electron chi connectivity index (χ4n) is 3.56. The van der Waals surface area contributed by atoms with Gasteiger partial charge in [0.25, 0.3) is 5.56 Å². The van der Waals surface area contributed by atoms with Gasteiger partial charge in [0.1, 0.15) is 4.83 Å². The lowest BCUT2D eigenvalue weighted by Gasteiger charge is -2.17. The van der Waals surface area contributed by atoms with Crippen molar-refractivity contribution >= 4 is 39.2 Å². The molecule has 1 amide bonds. The molecule has 28 heavy (non-hydrogen) atoms. The largest absolute Gasteiger partial charge is 0.351 e. The molecule has 146 valence electrons. The summed E-state index contributed by atoms with van der Waals surface area (Å²) in [5.74, 6) is 0.829. The van der Waals surface area contributed by atoms with Crippen LogP contribution < -0.4 is 10.9 Å². The highest BCUT2D eigenvalue weighted by Gasteiger charge is 2.24. The molecule has 0 unspecified atom stereocenters. The van der Waals surface area contributed by atoms with E-state index in [2.05, 4.69) is 12.2 Å². The van der Waals surface area contributed by atoms with Crippen molar-refractivity contribution in [1.29, 1.82) is 0 Å². The van der Waals surface area contributed by atoms with Gasteiger partial charge in [-0.3, -0.25) is 14.2 Å². The van der Waals surface area contributed by atoms with Crippen LogP contribution in [0.15, 0.2) is 40.3 Å². The molecular weight excluding hydrogens is 390 g/mol. The van der Waals surface area contributed by atoms with Crippen molar-refractivity contribution in [3.63, 3.8) is 0 Å². The molecule has 0 fully saturated rings. The number of amides is 1. The summed E-state index contributed by atoms with van der Waals surface area (Å²) >= 11 is 2.96. The molecular formula is C21H23N3O2S2. The molecule has 7 heteroatoms. The number of carbonyl (C=O) groups excluding carboxylic acids is 1. The van der Waals surface area contributed by atoms with Gasteiger partial charge in [-0.2, -0.15) is 0 Å². The Kier molecular flexibility index (Phi) is 5.55. The lowest BCUT2D eigenvalue weighted by Crippen LogP contribution is -2.26. The number of aryl methyl sites for hydroxylation is 1. The van der Waals surface area contributed by atoms with Crippen LogP contribution in [0.3, 0.4) is 0 Å². The molecule has 2 aromatic heterocycles. The zero-order valence-corrected chi connectivity index (χ0v) is 17.7. The maximum absolute atomic E-state index is 12.9. The van der Waals surface area contributed by atoms with Gasteiger partial charge >= 0.3 is 0 Å². The lowest BCUT2D eigenvalue weighted by molar-refractivity contribution is -0.118. The summed E-state index contributed by atoms with van der Waals surface area (Å²) in [5.41, 5.74) is 2.26. The lowest BCUT2D eigenvalue weighted by atomic mass is 9.89. The van der Waals surface area contributed by atoms with Crippen molar-refractivity contribution < 1.29 is 4.79 Å². The number of nitrogens with one attached hydrogen (secondary N) is 1. The maximum atomic E-state index is 12.9. The highest BCUT2D eigenvalue weighted by Crippen LogP contribution is 2.36. The van der Waals surface area contributed by atoms with Crippen LogP contribution in [0.1, 0.15) is 29.3 Å². The second kappa shape index (κ2) is 8.09. The molecule has 1 aromatic carbocycles. The SMILES string of the molecule is C[C@H]1CCc2c(sc3nc(SCC(=O)NCc4ccccc4)n(C)c(=O)c23)C1. The number of thiophene rings is 1. The Morgan fingerprint density at radius 3 is 2.93 bits per heavy atom. The normalized spacial score (nSPS) is 16.1. The third-order valence-electron chi connectivity index (χ3n) is 5.16. The highest BCUT2D eigenvalue weighted by molar-refractivity contribution is 7.99. The Labute approximate surface area is 172 Å². The highest BCUT2D eigenvalue weighted by atomic mass is 32.2. The number of hydrogen-bond acceptors (Lipinski definition) is 5. The van der Waals surface area contributed by atoms with E-state index in [1.165, 1.54) is 22.2 Å². The van der Waals surface area contributed by atoms with Crippen LogP contribution in [-0.2, 0) is 31.2 Å². The molecule has 1 aliphatic rings. The van der Waals surface area contributed by atoms with Gasteiger partial charge in [0, 0.05) is 18.5 Å². The van der Waals surface area contributed by atoms with Gasteiger partial charge in [0.15, 0.2) is 5.16 Å². The van der Waals surface area contributed by atoms with Crippen molar-refractivity contribution in [1.82, 2.24) is 14.9 Å². The molecule has 0 aliphatic heterocycles. The van der Waals surface area contributed by atoms with Crippen LogP contribution in [-0.4, -0.2) is 21.2 Å². The minimum Gasteiger partial charge on any atom is -0.351 e. The summed E-state index contributed by atoms with van der Waals surface area (Å²) in [6.07, 6.45) is 3.12. The molecule has 4 rings (SSSR count). The molecule has 0 bridgehead atoms. The first-order chi connectivity index (χ1) is 13.5. The quantitative estimate of drug-likeness (QED) is 0.513. The molecule has 0 spiro atoms. The summed E-state index contributed by atoms with van der Waals surface area (Å²) in [6.45, 7) is 2.76. The maximum Gasteiger partial charge on any atom is 0.262 e. The van der Waals surface area contributed by atoms with E-state index in [0.717, 1.165) is 35.0 Å². The van der Waals surface area contributed by atoms with Gasteiger partial charge < -0.3 is 5.32 Å². The fourth-order valence-corrected chi connectivity index (χ4v) is 5.78. The Hall–Kier alpha value is -2.12. The first-order valence-electron chi connectivity index (χ1n) is 9.47. The molecule has 1 atom stereocenters. The number of hydrogen-bond donors (Lipinski definition) is 1. The fraction of sp³-hybridized carbons (Fsp3) is 0.381. The zero-order chi connectivity index (χ0) is 19.7. The number of carbonyl (C=O) groups is 1. The number of aromatic nitrogens is 2. The van der Waals surface area contributed by atoms with E-state index in [0.29, 0.717) is 17.6 Å². The van der Waals surface area contributed by atoms with Crippen LogP contribution in [0.5, 0.6) is 0 Å². The van der Waals surface area contributed by atoms with Gasteiger partial charge in [-0.05, 0) is 36.3 Å². The standard InChI is InChI=1S/C21H23N3O2S2/c1-13-8-9-15-16(10-13)28-19-18(15)20(26)24(2)21(23-19)27-12-17(25)22-11-14-6-4-3-5-7-14/h3-7,13H,8-12H2,1-2H3,(H,22,25)/t13-/m0/s1. The minimum absolute atomic E-state index is 0.00393. The monoisotopic (exact) mass is 413 g/mol. The molecule has 3 aromatic rings. The van der Waals surface area contributed by atoms with Crippen molar-refractivity contribution in [3.8, 4) is 0 Å². The average Bonchev–Trinajstić information content (AvgIpc) is 3.06. The van der Waals surface area contributed by atoms with E-state index < -0.39 is 0 Å². The Morgan fingerprint density at radius 2 is 2.14 bits per heavy atom. The molecule has 1 N–H and O–H groups in total. The summed E-state index contributed by atoms with van der Waals surface area (Å²) in [4.78, 5) is 32.0. The van der Waals surface area contributed by atoms with Crippen LogP contribution in [0, 0.1) is 5.92 Å². The Bertz CT molecular complexity index is 1070. The first kappa shape index (κ1) is 19.2. The predicted molar refractivity (Wildman–Crippen MR) is 115 cm³/mol. The van der Waals surface area contributed by atoms with E-state index in [1.807, 2.05) is 30.3 Å². The third-order valence-corrected chi connectivity index (χ3v) is 7.34. The van der Waals surface area contributed by atoms with E-state index in [9.17, 15) is 9.59 Å². The first-order valence-corrected chi connectivity index (χ1v) is 11.3. The Balaban J connectivity index is 1.49. The van der Waals surface area contributed by atoms with E-state index in [1.54, 1.807) is 23.0 Å². The summed E-state index contributed by atoms with van der Waals surface area (Å²) in [6, 6.07) is 9.81. The summed E-state index contributed by atoms with van der Waals surface area (Å²) < 4.78 is 1.59. The molecule has 0 saturated carbocycles. The number of benzene rings is 1. The number of thioether (sulfide) groups is 1. The van der Waals surface area contributed by atoms with Crippen molar-refractivity contribution in [2.75, 3.05) is 5.75 Å². The molecule has 2 heterocycles. The summed E-state index contributed by atoms with van der Waals surface area (Å²) in [7, 11) is 1.74. The second-order valence-electron chi connectivity index (χ2n) is 7.34. The van der Waals surface area contributed by atoms with E-state index in [-0.39, 0.29) is 17.2 Å². The summed E-state index contributed by atoms with van der Waals surface area (Å²) in [5, 5.41) is 4.29. The van der Waals surface area contributed by atoms with Crippen molar-refractivity contribution in [2.24, 2.45) is 13.0 Å². The van der Waals surface area contributed by atoms with Gasteiger partial charge in [0.2, 0.25) is 5.91 Å². The number of fused-ring (bicyclic) bond motifs is 3. The number of rotatable bonds is 5. The van der Waals surface area contributed by atoms with Crippen LogP contribution in [0.2, 0.25) is 0 Å². The van der Waals surface area contributed by atoms with E-state index >= 15 is 0 Å². The third kappa shape index (κ3) is 3.86. The van der Waals surface area contributed by atoms with E-state index in [4.69, 9.17) is 4.98 Å². The van der Waals surface area contributed by atoms with Gasteiger partial charge in [-0.1, -0.05) is 49.0 Å². The number of nitrogens with zero attached hydrogens (tertiary/aromatic N) is 2. The molecule has 1 aliphatic carbocycles. The predicted octanol–water partition coefficient (Wildman–Crippen LogP) is 3.53. The zero-order valence-electron chi connectivity index (χ0n) is 16.0.